The number of nitrogens with zero attached hydrogens (tertiary/aromatic N) is 2. The van der Waals surface area contributed by atoms with Gasteiger partial charge in [-0.3, -0.25) is 4.90 Å². The van der Waals surface area contributed by atoms with Crippen molar-refractivity contribution in [2.75, 3.05) is 38.6 Å². The number of ether oxygens (including phenoxy) is 1. The van der Waals surface area contributed by atoms with Crippen LogP contribution in [0.25, 0.3) is 5.70 Å². The monoisotopic (exact) mass is 503 g/mol. The van der Waals surface area contributed by atoms with Crippen molar-refractivity contribution >= 4 is 11.4 Å². The van der Waals surface area contributed by atoms with E-state index in [0.717, 1.165) is 47.7 Å². The fraction of sp³-hybridized carbons (Fsp3) is 0.333. The fourth-order valence-electron chi connectivity index (χ4n) is 5.14. The lowest BCUT2D eigenvalue weighted by molar-refractivity contribution is 0.180. The maximum absolute atomic E-state index is 14.8. The number of piperidine rings is 1. The molecule has 37 heavy (non-hydrogen) atoms. The molecule has 2 aromatic carbocycles. The zero-order valence-electron chi connectivity index (χ0n) is 21.2. The molecule has 7 heteroatoms. The van der Waals surface area contributed by atoms with Crippen LogP contribution in [0.1, 0.15) is 30.4 Å². The van der Waals surface area contributed by atoms with Crippen molar-refractivity contribution in [3.63, 3.8) is 0 Å². The molecular weight excluding hydrogens is 469 g/mol. The average Bonchev–Trinajstić information content (AvgIpc) is 3.08. The van der Waals surface area contributed by atoms with Gasteiger partial charge in [0.05, 0.1) is 6.04 Å². The second kappa shape index (κ2) is 11.1. The molecule has 1 aliphatic carbocycles. The molecule has 0 radical (unpaired) electrons. The molecule has 1 unspecified atom stereocenters. The normalized spacial score (nSPS) is 19.6. The number of anilines is 1. The number of allylic oxidation sites excluding steroid dienone is 3. The molecule has 0 saturated carbocycles. The van der Waals surface area contributed by atoms with Gasteiger partial charge < -0.3 is 25.2 Å². The zero-order chi connectivity index (χ0) is 25.8. The van der Waals surface area contributed by atoms with E-state index < -0.39 is 0 Å². The number of hydrogen-bond donors (Lipinski definition) is 3. The Hall–Kier alpha value is -3.71. The third-order valence-corrected chi connectivity index (χ3v) is 7.21. The van der Waals surface area contributed by atoms with E-state index in [-0.39, 0.29) is 29.1 Å². The van der Waals surface area contributed by atoms with Crippen LogP contribution in [-0.4, -0.2) is 59.3 Å². The number of rotatable bonds is 8. The Morgan fingerprint density at radius 2 is 1.89 bits per heavy atom. The minimum absolute atomic E-state index is 0.00843. The molecule has 0 amide bonds. The molecule has 1 saturated heterocycles. The first-order chi connectivity index (χ1) is 18.0. The molecule has 0 aromatic heterocycles. The Morgan fingerprint density at radius 3 is 2.70 bits per heavy atom. The summed E-state index contributed by atoms with van der Waals surface area (Å²) in [5, 5.41) is 23.3. The summed E-state index contributed by atoms with van der Waals surface area (Å²) in [6, 6.07) is 10.3. The largest absolute Gasteiger partial charge is 0.508 e. The molecule has 2 aromatic rings. The van der Waals surface area contributed by atoms with Gasteiger partial charge in [0.2, 0.25) is 0 Å². The lowest BCUT2D eigenvalue weighted by Gasteiger charge is -2.26. The van der Waals surface area contributed by atoms with Gasteiger partial charge in [-0.1, -0.05) is 24.6 Å². The van der Waals surface area contributed by atoms with Gasteiger partial charge in [0, 0.05) is 43.2 Å². The smallest absolute Gasteiger partial charge is 0.165 e. The van der Waals surface area contributed by atoms with Gasteiger partial charge in [0.25, 0.3) is 0 Å². The van der Waals surface area contributed by atoms with Gasteiger partial charge in [0.1, 0.15) is 18.1 Å². The molecule has 5 rings (SSSR count). The van der Waals surface area contributed by atoms with E-state index in [4.69, 9.17) is 4.74 Å². The highest BCUT2D eigenvalue weighted by molar-refractivity contribution is 5.81. The molecular formula is C30H34FN3O3. The van der Waals surface area contributed by atoms with Crippen LogP contribution >= 0.6 is 0 Å². The van der Waals surface area contributed by atoms with E-state index in [1.54, 1.807) is 30.4 Å². The first-order valence-electron chi connectivity index (χ1n) is 12.9. The number of aliphatic hydroxyl groups is 1. The van der Waals surface area contributed by atoms with Crippen LogP contribution in [0, 0.1) is 5.82 Å². The van der Waals surface area contributed by atoms with Gasteiger partial charge in [-0.2, -0.15) is 0 Å². The number of hydrogen-bond acceptors (Lipinski definition) is 6. The summed E-state index contributed by atoms with van der Waals surface area (Å²) in [6.45, 7) is 3.87. The van der Waals surface area contributed by atoms with E-state index in [2.05, 4.69) is 21.2 Å². The van der Waals surface area contributed by atoms with Gasteiger partial charge in [-0.15, -0.1) is 0 Å². The van der Waals surface area contributed by atoms with Crippen LogP contribution in [0.15, 0.2) is 78.1 Å². The number of halogens is 1. The number of likely N-dealkylation sites (N-methyl/N-ethyl adjacent to an activating group) is 1. The average molecular weight is 504 g/mol. The Labute approximate surface area is 217 Å². The van der Waals surface area contributed by atoms with Crippen LogP contribution in [-0.2, 0) is 6.54 Å². The minimum atomic E-state index is -0.373. The van der Waals surface area contributed by atoms with Crippen molar-refractivity contribution in [2.24, 2.45) is 0 Å². The second-order valence-electron chi connectivity index (χ2n) is 9.80. The van der Waals surface area contributed by atoms with E-state index in [9.17, 15) is 14.6 Å². The van der Waals surface area contributed by atoms with Crippen LogP contribution < -0.4 is 10.1 Å². The molecule has 2 aliphatic heterocycles. The highest BCUT2D eigenvalue weighted by atomic mass is 19.1. The lowest BCUT2D eigenvalue weighted by Crippen LogP contribution is -2.33. The number of nitrogens with one attached hydrogen (secondary N) is 1. The predicted molar refractivity (Wildman–Crippen MR) is 145 cm³/mol. The SMILES string of the molecule is CN1C(c2ccc(O)cc2NCc2ccc(OCCN3CCCCC3)c(F)c2)=CC2=CC=C(O)C=CC21. The molecule has 1 fully saturated rings. The minimum Gasteiger partial charge on any atom is -0.508 e. The molecule has 3 N–H and O–H groups in total. The van der Waals surface area contributed by atoms with E-state index in [1.807, 2.05) is 31.3 Å². The molecule has 194 valence electrons. The van der Waals surface area contributed by atoms with Gasteiger partial charge in [0.15, 0.2) is 11.6 Å². The van der Waals surface area contributed by atoms with Crippen molar-refractivity contribution in [2.45, 2.75) is 31.8 Å². The van der Waals surface area contributed by atoms with Crippen LogP contribution in [0.5, 0.6) is 11.5 Å². The first kappa shape index (κ1) is 25.0. The zero-order valence-corrected chi connectivity index (χ0v) is 21.2. The summed E-state index contributed by atoms with van der Waals surface area (Å²) >= 11 is 0. The highest BCUT2D eigenvalue weighted by Crippen LogP contribution is 2.38. The summed E-state index contributed by atoms with van der Waals surface area (Å²) in [5.74, 6) is 0.277. The number of likely N-dealkylation sites (tertiary alicyclic amines) is 1. The lowest BCUT2D eigenvalue weighted by atomic mass is 10.1. The summed E-state index contributed by atoms with van der Waals surface area (Å²) < 4.78 is 20.5. The van der Waals surface area contributed by atoms with E-state index in [0.29, 0.717) is 13.2 Å². The topological polar surface area (TPSA) is 68.2 Å². The highest BCUT2D eigenvalue weighted by Gasteiger charge is 2.28. The van der Waals surface area contributed by atoms with Crippen molar-refractivity contribution in [1.29, 1.82) is 0 Å². The maximum atomic E-state index is 14.8. The molecule has 0 bridgehead atoms. The quantitative estimate of drug-likeness (QED) is 0.436. The third-order valence-electron chi connectivity index (χ3n) is 7.21. The van der Waals surface area contributed by atoms with Crippen molar-refractivity contribution in [3.8, 4) is 11.5 Å². The Morgan fingerprint density at radius 1 is 1.05 bits per heavy atom. The van der Waals surface area contributed by atoms with Gasteiger partial charge in [-0.05, 0) is 79.6 Å². The van der Waals surface area contributed by atoms with Crippen molar-refractivity contribution in [1.82, 2.24) is 9.80 Å². The van der Waals surface area contributed by atoms with Crippen molar-refractivity contribution in [3.05, 3.63) is 95.1 Å². The van der Waals surface area contributed by atoms with Crippen molar-refractivity contribution < 1.29 is 19.3 Å². The van der Waals surface area contributed by atoms with Crippen LogP contribution in [0.2, 0.25) is 0 Å². The summed E-state index contributed by atoms with van der Waals surface area (Å²) in [6.07, 6.45) is 13.1. The van der Waals surface area contributed by atoms with Gasteiger partial charge in [-0.25, -0.2) is 4.39 Å². The Balaban J connectivity index is 1.26. The van der Waals surface area contributed by atoms with Crippen LogP contribution in [0.3, 0.4) is 0 Å². The predicted octanol–water partition coefficient (Wildman–Crippen LogP) is 5.60. The molecule has 1 atom stereocenters. The summed E-state index contributed by atoms with van der Waals surface area (Å²) in [5.41, 5.74) is 4.51. The summed E-state index contributed by atoms with van der Waals surface area (Å²) in [7, 11) is 2.00. The number of aliphatic hydroxyl groups excluding tert-OH is 1. The first-order valence-corrected chi connectivity index (χ1v) is 12.9. The van der Waals surface area contributed by atoms with E-state index >= 15 is 0 Å². The maximum Gasteiger partial charge on any atom is 0.165 e. The number of phenols is 1. The molecule has 2 heterocycles. The molecule has 0 spiro atoms. The van der Waals surface area contributed by atoms with Gasteiger partial charge >= 0.3 is 0 Å². The Bertz CT molecular complexity index is 1260. The number of phenolic OH excluding ortho intramolecular Hbond substituents is 1. The summed E-state index contributed by atoms with van der Waals surface area (Å²) in [4.78, 5) is 4.50. The standard InChI is InChI=1S/C30H34FN3O3/c1-33-28-11-9-23(35)7-6-22(28)18-29(33)25-10-8-24(36)19-27(25)32-20-21-5-12-30(26(31)17-21)37-16-15-34-13-3-2-4-14-34/h5-12,17-19,28,32,35-36H,2-4,13-16,20H2,1H3. The van der Waals surface area contributed by atoms with E-state index in [1.165, 1.54) is 25.3 Å². The number of fused-ring (bicyclic) bond motifs is 1. The Kier molecular flexibility index (Phi) is 7.51. The second-order valence-corrected chi connectivity index (χ2v) is 9.80. The third kappa shape index (κ3) is 5.83. The fourth-order valence-corrected chi connectivity index (χ4v) is 5.14. The molecule has 3 aliphatic rings. The molecule has 6 nitrogen and oxygen atoms in total. The van der Waals surface area contributed by atoms with Crippen LogP contribution in [0.4, 0.5) is 10.1 Å². The number of benzene rings is 2. The number of aromatic hydroxyl groups is 1.